The van der Waals surface area contributed by atoms with Crippen molar-refractivity contribution in [1.29, 1.82) is 0 Å². The average molecular weight is 325 g/mol. The van der Waals surface area contributed by atoms with Crippen LogP contribution in [-0.4, -0.2) is 17.2 Å². The molecule has 0 saturated heterocycles. The molecule has 2 rings (SSSR count). The van der Waals surface area contributed by atoms with E-state index < -0.39 is 0 Å². The first kappa shape index (κ1) is 18.4. The Morgan fingerprint density at radius 3 is 2.21 bits per heavy atom. The van der Waals surface area contributed by atoms with Crippen LogP contribution in [0.4, 0.5) is 5.69 Å². The quantitative estimate of drug-likeness (QED) is 0.718. The molecule has 130 valence electrons. The Morgan fingerprint density at radius 2 is 1.62 bits per heavy atom. The Morgan fingerprint density at radius 1 is 0.958 bits per heavy atom. The lowest BCUT2D eigenvalue weighted by Gasteiger charge is -2.34. The van der Waals surface area contributed by atoms with Crippen molar-refractivity contribution in [3.8, 4) is 5.75 Å². The van der Waals surface area contributed by atoms with Gasteiger partial charge in [0.25, 0.3) is 0 Å². The van der Waals surface area contributed by atoms with Crippen LogP contribution >= 0.6 is 0 Å². The van der Waals surface area contributed by atoms with E-state index in [4.69, 9.17) is 0 Å². The minimum absolute atomic E-state index is 0.214. The monoisotopic (exact) mass is 325 g/mol. The maximum Gasteiger partial charge on any atom is 0.119 e. The number of rotatable bonds is 6. The largest absolute Gasteiger partial charge is 0.508 e. The van der Waals surface area contributed by atoms with Crippen molar-refractivity contribution in [1.82, 2.24) is 0 Å². The number of hydrogen-bond acceptors (Lipinski definition) is 2. The van der Waals surface area contributed by atoms with Gasteiger partial charge < -0.3 is 10.0 Å². The Labute approximate surface area is 147 Å². The number of phenols is 1. The standard InChI is InChI=1S/C22H31NO/c1-7-20(21-13-17(6)11-12-22(21)24)18-9-8-10-19(14-18)23(15(2)3)16(4)5/h8-16,20,24H,7H2,1-6H3. The summed E-state index contributed by atoms with van der Waals surface area (Å²) in [6.07, 6.45) is 0.962. The second-order valence-corrected chi connectivity index (χ2v) is 7.21. The van der Waals surface area contributed by atoms with Crippen LogP contribution in [0.25, 0.3) is 0 Å². The van der Waals surface area contributed by atoms with Gasteiger partial charge >= 0.3 is 0 Å². The first-order chi connectivity index (χ1) is 11.3. The van der Waals surface area contributed by atoms with E-state index in [1.165, 1.54) is 16.8 Å². The van der Waals surface area contributed by atoms with Crippen LogP contribution in [-0.2, 0) is 0 Å². The summed E-state index contributed by atoms with van der Waals surface area (Å²) in [7, 11) is 0. The lowest BCUT2D eigenvalue weighted by atomic mass is 9.87. The van der Waals surface area contributed by atoms with Gasteiger partial charge in [-0.3, -0.25) is 0 Å². The normalized spacial score (nSPS) is 12.7. The molecule has 24 heavy (non-hydrogen) atoms. The second-order valence-electron chi connectivity index (χ2n) is 7.21. The summed E-state index contributed by atoms with van der Waals surface area (Å²) in [5.41, 5.74) is 4.73. The van der Waals surface area contributed by atoms with Gasteiger partial charge in [0.2, 0.25) is 0 Å². The first-order valence-electron chi connectivity index (χ1n) is 9.03. The van der Waals surface area contributed by atoms with Gasteiger partial charge in [-0.25, -0.2) is 0 Å². The number of phenolic OH excluding ortho intramolecular Hbond substituents is 1. The van der Waals surface area contributed by atoms with Crippen molar-refractivity contribution < 1.29 is 5.11 Å². The molecule has 1 unspecified atom stereocenters. The zero-order valence-corrected chi connectivity index (χ0v) is 15.9. The van der Waals surface area contributed by atoms with Crippen molar-refractivity contribution in [2.24, 2.45) is 0 Å². The van der Waals surface area contributed by atoms with Crippen LogP contribution in [0.2, 0.25) is 0 Å². The third-order valence-corrected chi connectivity index (χ3v) is 4.65. The highest BCUT2D eigenvalue weighted by Gasteiger charge is 2.19. The molecule has 0 amide bonds. The summed E-state index contributed by atoms with van der Waals surface area (Å²) in [5.74, 6) is 0.605. The number of nitrogens with zero attached hydrogens (tertiary/aromatic N) is 1. The van der Waals surface area contributed by atoms with Gasteiger partial charge in [0, 0.05) is 29.3 Å². The Hall–Kier alpha value is -1.96. The Balaban J connectivity index is 2.47. The minimum Gasteiger partial charge on any atom is -0.508 e. The highest BCUT2D eigenvalue weighted by molar-refractivity contribution is 5.53. The van der Waals surface area contributed by atoms with Crippen LogP contribution in [0.1, 0.15) is 63.6 Å². The summed E-state index contributed by atoms with van der Waals surface area (Å²) in [5, 5.41) is 10.3. The molecule has 0 bridgehead atoms. The Kier molecular flexibility index (Phi) is 5.93. The van der Waals surface area contributed by atoms with Crippen LogP contribution < -0.4 is 4.90 Å². The van der Waals surface area contributed by atoms with E-state index in [0.717, 1.165) is 12.0 Å². The average Bonchev–Trinajstić information content (AvgIpc) is 2.51. The van der Waals surface area contributed by atoms with Crippen molar-refractivity contribution >= 4 is 5.69 Å². The fourth-order valence-electron chi connectivity index (χ4n) is 3.68. The SMILES string of the molecule is CCC(c1cccc(N(C(C)C)C(C)C)c1)c1cc(C)ccc1O. The zero-order chi connectivity index (χ0) is 17.9. The number of anilines is 1. The highest BCUT2D eigenvalue weighted by atomic mass is 16.3. The molecule has 0 saturated carbocycles. The zero-order valence-electron chi connectivity index (χ0n) is 15.9. The molecule has 0 aliphatic heterocycles. The van der Waals surface area contributed by atoms with E-state index in [0.29, 0.717) is 17.8 Å². The first-order valence-corrected chi connectivity index (χ1v) is 9.03. The molecular weight excluding hydrogens is 294 g/mol. The molecule has 0 heterocycles. The van der Waals surface area contributed by atoms with Gasteiger partial charge in [0.1, 0.15) is 5.75 Å². The molecule has 1 N–H and O–H groups in total. The minimum atomic E-state index is 0.214. The molecule has 0 spiro atoms. The lowest BCUT2D eigenvalue weighted by molar-refractivity contribution is 0.463. The molecule has 0 radical (unpaired) electrons. The van der Waals surface area contributed by atoms with E-state index >= 15 is 0 Å². The van der Waals surface area contributed by atoms with Crippen molar-refractivity contribution in [2.75, 3.05) is 4.90 Å². The maximum absolute atomic E-state index is 10.3. The fourth-order valence-corrected chi connectivity index (χ4v) is 3.68. The topological polar surface area (TPSA) is 23.5 Å². The molecule has 0 aromatic heterocycles. The van der Waals surface area contributed by atoms with Gasteiger partial charge in [0.15, 0.2) is 0 Å². The smallest absolute Gasteiger partial charge is 0.119 e. The molecule has 1 atom stereocenters. The summed E-state index contributed by atoms with van der Waals surface area (Å²) in [6, 6.07) is 15.6. The summed E-state index contributed by atoms with van der Waals surface area (Å²) < 4.78 is 0. The van der Waals surface area contributed by atoms with E-state index in [1.807, 2.05) is 12.1 Å². The molecular formula is C22H31NO. The van der Waals surface area contributed by atoms with Gasteiger partial charge in [-0.1, -0.05) is 36.8 Å². The lowest BCUT2D eigenvalue weighted by Crippen LogP contribution is -2.37. The third-order valence-electron chi connectivity index (χ3n) is 4.65. The van der Waals surface area contributed by atoms with Crippen molar-refractivity contribution in [2.45, 2.75) is 66.0 Å². The summed E-state index contributed by atoms with van der Waals surface area (Å²) >= 11 is 0. The molecule has 0 fully saturated rings. The van der Waals surface area contributed by atoms with Crippen molar-refractivity contribution in [3.63, 3.8) is 0 Å². The van der Waals surface area contributed by atoms with Gasteiger partial charge in [0.05, 0.1) is 0 Å². The molecule has 2 aromatic rings. The van der Waals surface area contributed by atoms with E-state index in [9.17, 15) is 5.11 Å². The predicted molar refractivity (Wildman–Crippen MR) is 104 cm³/mol. The van der Waals surface area contributed by atoms with Crippen LogP contribution in [0.3, 0.4) is 0 Å². The number of hydrogen-bond donors (Lipinski definition) is 1. The summed E-state index contributed by atoms with van der Waals surface area (Å²) in [6.45, 7) is 13.2. The van der Waals surface area contributed by atoms with Crippen LogP contribution in [0, 0.1) is 6.92 Å². The van der Waals surface area contributed by atoms with Gasteiger partial charge in [-0.05, 0) is 64.8 Å². The maximum atomic E-state index is 10.3. The number of benzene rings is 2. The fraction of sp³-hybridized carbons (Fsp3) is 0.455. The number of aromatic hydroxyl groups is 1. The van der Waals surface area contributed by atoms with E-state index in [1.54, 1.807) is 0 Å². The highest BCUT2D eigenvalue weighted by Crippen LogP contribution is 2.36. The van der Waals surface area contributed by atoms with E-state index in [-0.39, 0.29) is 5.92 Å². The predicted octanol–water partition coefficient (Wildman–Crippen LogP) is 5.87. The molecule has 2 heteroatoms. The molecule has 0 aliphatic rings. The molecule has 0 aliphatic carbocycles. The van der Waals surface area contributed by atoms with Crippen LogP contribution in [0.5, 0.6) is 5.75 Å². The van der Waals surface area contributed by atoms with Gasteiger partial charge in [-0.2, -0.15) is 0 Å². The second kappa shape index (κ2) is 7.74. The van der Waals surface area contributed by atoms with Crippen molar-refractivity contribution in [3.05, 3.63) is 59.2 Å². The molecule has 2 nitrogen and oxygen atoms in total. The van der Waals surface area contributed by atoms with E-state index in [2.05, 4.69) is 76.8 Å². The van der Waals surface area contributed by atoms with Crippen LogP contribution in [0.15, 0.2) is 42.5 Å². The van der Waals surface area contributed by atoms with Gasteiger partial charge in [-0.15, -0.1) is 0 Å². The molecule has 2 aromatic carbocycles. The Bertz CT molecular complexity index is 667. The third kappa shape index (κ3) is 3.92. The summed E-state index contributed by atoms with van der Waals surface area (Å²) in [4.78, 5) is 2.44. The number of aryl methyl sites for hydroxylation is 1.